The average Bonchev–Trinajstić information content (AvgIpc) is 2.66. The minimum Gasteiger partial charge on any atom is -0.506 e. The highest BCUT2D eigenvalue weighted by molar-refractivity contribution is 7.85. The molecule has 3 aromatic carbocycles. The molecular formula is C16H10N4O9S. The van der Waals surface area contributed by atoms with Gasteiger partial charge < -0.3 is 10.2 Å². The van der Waals surface area contributed by atoms with Crippen molar-refractivity contribution in [2.75, 3.05) is 0 Å². The van der Waals surface area contributed by atoms with E-state index in [0.29, 0.717) is 6.07 Å². The van der Waals surface area contributed by atoms with Crippen LogP contribution in [0.4, 0.5) is 22.7 Å². The van der Waals surface area contributed by atoms with Gasteiger partial charge in [0.1, 0.15) is 17.1 Å². The second kappa shape index (κ2) is 7.34. The molecule has 0 saturated carbocycles. The van der Waals surface area contributed by atoms with E-state index in [1.54, 1.807) is 0 Å². The number of fused-ring (bicyclic) bond motifs is 1. The van der Waals surface area contributed by atoms with E-state index in [-0.39, 0.29) is 16.5 Å². The number of rotatable bonds is 5. The molecule has 0 atom stereocenters. The quantitative estimate of drug-likeness (QED) is 0.231. The zero-order valence-electron chi connectivity index (χ0n) is 14.5. The van der Waals surface area contributed by atoms with Crippen molar-refractivity contribution in [1.82, 2.24) is 0 Å². The first kappa shape index (κ1) is 20.6. The van der Waals surface area contributed by atoms with Crippen LogP contribution >= 0.6 is 0 Å². The maximum atomic E-state index is 11.3. The summed E-state index contributed by atoms with van der Waals surface area (Å²) in [6, 6.07) is 7.19. The van der Waals surface area contributed by atoms with Crippen LogP contribution in [0.1, 0.15) is 0 Å². The molecule has 0 heterocycles. The van der Waals surface area contributed by atoms with Gasteiger partial charge in [0.15, 0.2) is 0 Å². The molecule has 0 fully saturated rings. The first-order chi connectivity index (χ1) is 14.0. The predicted octanol–water partition coefficient (Wildman–Crippen LogP) is 3.73. The van der Waals surface area contributed by atoms with Gasteiger partial charge in [0.2, 0.25) is 5.75 Å². The number of nitro groups is 2. The van der Waals surface area contributed by atoms with Gasteiger partial charge in [-0.1, -0.05) is 12.1 Å². The lowest BCUT2D eigenvalue weighted by Gasteiger charge is -2.06. The van der Waals surface area contributed by atoms with Crippen molar-refractivity contribution in [3.63, 3.8) is 0 Å². The fourth-order valence-corrected chi connectivity index (χ4v) is 3.08. The molecule has 0 amide bonds. The summed E-state index contributed by atoms with van der Waals surface area (Å²) in [7, 11) is -4.48. The van der Waals surface area contributed by atoms with Crippen LogP contribution in [0.5, 0.6) is 11.5 Å². The summed E-state index contributed by atoms with van der Waals surface area (Å²) < 4.78 is 31.7. The Hall–Kier alpha value is -4.17. The normalized spacial score (nSPS) is 11.8. The molecule has 3 rings (SSSR count). The standard InChI is InChI=1S/C16H10N4O9S/c21-14-4-1-8-5-10(30(27,28)29)2-3-11(8)15(14)18-17-12-6-9(19(23)24)7-13(16(12)22)20(25)26/h1-7,21-22H,(H,27,28,29). The highest BCUT2D eigenvalue weighted by Gasteiger charge is 2.24. The van der Waals surface area contributed by atoms with Gasteiger partial charge in [-0.05, 0) is 23.6 Å². The zero-order chi connectivity index (χ0) is 22.2. The lowest BCUT2D eigenvalue weighted by Crippen LogP contribution is -1.97. The topological polar surface area (TPSA) is 206 Å². The molecule has 14 heteroatoms. The Labute approximate surface area is 166 Å². The molecular weight excluding hydrogens is 424 g/mol. The van der Waals surface area contributed by atoms with Crippen LogP contribution < -0.4 is 0 Å². The van der Waals surface area contributed by atoms with Gasteiger partial charge in [0.25, 0.3) is 15.8 Å². The Bertz CT molecular complexity index is 1350. The summed E-state index contributed by atoms with van der Waals surface area (Å²) in [5.41, 5.74) is -2.48. The highest BCUT2D eigenvalue weighted by Crippen LogP contribution is 2.42. The average molecular weight is 434 g/mol. The number of benzene rings is 3. The number of phenols is 2. The predicted molar refractivity (Wildman–Crippen MR) is 101 cm³/mol. The van der Waals surface area contributed by atoms with Crippen molar-refractivity contribution < 1.29 is 33.0 Å². The lowest BCUT2D eigenvalue weighted by molar-refractivity contribution is -0.394. The summed E-state index contributed by atoms with van der Waals surface area (Å²) in [5.74, 6) is -1.38. The molecule has 0 radical (unpaired) electrons. The Morgan fingerprint density at radius 1 is 0.900 bits per heavy atom. The maximum absolute atomic E-state index is 11.3. The molecule has 3 aromatic rings. The van der Waals surface area contributed by atoms with E-state index < -0.39 is 53.4 Å². The van der Waals surface area contributed by atoms with Crippen LogP contribution in [0.3, 0.4) is 0 Å². The lowest BCUT2D eigenvalue weighted by atomic mass is 10.1. The molecule has 13 nitrogen and oxygen atoms in total. The number of nitro benzene ring substituents is 2. The van der Waals surface area contributed by atoms with Gasteiger partial charge in [-0.25, -0.2) is 0 Å². The molecule has 30 heavy (non-hydrogen) atoms. The van der Waals surface area contributed by atoms with Gasteiger partial charge in [-0.2, -0.15) is 8.42 Å². The summed E-state index contributed by atoms with van der Waals surface area (Å²) in [4.78, 5) is 19.6. The van der Waals surface area contributed by atoms with Crippen LogP contribution in [0.25, 0.3) is 10.8 Å². The van der Waals surface area contributed by atoms with E-state index in [4.69, 9.17) is 4.55 Å². The van der Waals surface area contributed by atoms with Gasteiger partial charge >= 0.3 is 5.69 Å². The minimum atomic E-state index is -4.48. The number of non-ortho nitro benzene ring substituents is 1. The van der Waals surface area contributed by atoms with Crippen molar-refractivity contribution in [3.05, 3.63) is 62.7 Å². The zero-order valence-corrected chi connectivity index (χ0v) is 15.3. The Balaban J connectivity index is 2.18. The maximum Gasteiger partial charge on any atom is 0.319 e. The number of nitrogens with zero attached hydrogens (tertiary/aromatic N) is 4. The molecule has 0 aliphatic heterocycles. The third-order valence-electron chi connectivity index (χ3n) is 3.96. The molecule has 0 aliphatic carbocycles. The smallest absolute Gasteiger partial charge is 0.319 e. The van der Waals surface area contributed by atoms with E-state index >= 15 is 0 Å². The third kappa shape index (κ3) is 3.85. The van der Waals surface area contributed by atoms with E-state index in [9.17, 15) is 38.9 Å². The number of azo groups is 1. The van der Waals surface area contributed by atoms with E-state index in [0.717, 1.165) is 24.3 Å². The molecule has 0 saturated heterocycles. The van der Waals surface area contributed by atoms with Crippen LogP contribution in [0.15, 0.2) is 57.6 Å². The number of hydrogen-bond donors (Lipinski definition) is 3. The third-order valence-corrected chi connectivity index (χ3v) is 4.81. The van der Waals surface area contributed by atoms with Crippen LogP contribution in [0.2, 0.25) is 0 Å². The second-order valence-corrected chi connectivity index (χ2v) is 7.26. The molecule has 154 valence electrons. The van der Waals surface area contributed by atoms with Crippen molar-refractivity contribution in [2.24, 2.45) is 10.2 Å². The van der Waals surface area contributed by atoms with Crippen LogP contribution in [-0.2, 0) is 10.1 Å². The van der Waals surface area contributed by atoms with Gasteiger partial charge in [0, 0.05) is 11.5 Å². The monoisotopic (exact) mass is 434 g/mol. The first-order valence-electron chi connectivity index (χ1n) is 7.80. The fourth-order valence-electron chi connectivity index (χ4n) is 2.56. The summed E-state index contributed by atoms with van der Waals surface area (Å²) in [6.45, 7) is 0. The van der Waals surface area contributed by atoms with Crippen molar-refractivity contribution >= 4 is 43.6 Å². The van der Waals surface area contributed by atoms with Gasteiger partial charge in [-0.3, -0.25) is 24.8 Å². The Morgan fingerprint density at radius 3 is 2.20 bits per heavy atom. The van der Waals surface area contributed by atoms with Crippen LogP contribution in [0, 0.1) is 20.2 Å². The van der Waals surface area contributed by atoms with Crippen molar-refractivity contribution in [3.8, 4) is 11.5 Å². The molecule has 0 bridgehead atoms. The van der Waals surface area contributed by atoms with Gasteiger partial charge in [-0.15, -0.1) is 10.2 Å². The van der Waals surface area contributed by atoms with E-state index in [1.165, 1.54) is 12.1 Å². The van der Waals surface area contributed by atoms with Crippen LogP contribution in [-0.4, -0.2) is 33.0 Å². The summed E-state index contributed by atoms with van der Waals surface area (Å²) in [5, 5.41) is 49.8. The number of aromatic hydroxyl groups is 2. The van der Waals surface area contributed by atoms with Gasteiger partial charge in [0.05, 0.1) is 20.8 Å². The molecule has 3 N–H and O–H groups in total. The molecule has 0 aliphatic rings. The van der Waals surface area contributed by atoms with E-state index in [2.05, 4.69) is 10.2 Å². The fraction of sp³-hybridized carbons (Fsp3) is 0. The minimum absolute atomic E-state index is 0.186. The number of phenolic OH excluding ortho intramolecular Hbond substituents is 2. The molecule has 0 unspecified atom stereocenters. The molecule has 0 aromatic heterocycles. The summed E-state index contributed by atoms with van der Waals surface area (Å²) >= 11 is 0. The number of hydrogen-bond acceptors (Lipinski definition) is 10. The first-order valence-corrected chi connectivity index (χ1v) is 9.24. The van der Waals surface area contributed by atoms with Crippen molar-refractivity contribution in [1.29, 1.82) is 0 Å². The second-order valence-electron chi connectivity index (χ2n) is 5.84. The SMILES string of the molecule is O=[N+]([O-])c1cc(N=Nc2c(O)ccc3cc(S(=O)(=O)O)ccc23)c(O)c([N+](=O)[O-])c1. The summed E-state index contributed by atoms with van der Waals surface area (Å²) in [6.07, 6.45) is 0. The highest BCUT2D eigenvalue weighted by atomic mass is 32.2. The van der Waals surface area contributed by atoms with E-state index in [1.807, 2.05) is 0 Å². The molecule has 0 spiro atoms. The Morgan fingerprint density at radius 2 is 1.60 bits per heavy atom. The Kier molecular flexibility index (Phi) is 5.03. The largest absolute Gasteiger partial charge is 0.506 e. The van der Waals surface area contributed by atoms with Crippen molar-refractivity contribution in [2.45, 2.75) is 4.90 Å².